The van der Waals surface area contributed by atoms with E-state index in [-0.39, 0.29) is 0 Å². The second-order valence-corrected chi connectivity index (χ2v) is 5.78. The minimum atomic E-state index is 0.760. The normalized spacial score (nSPS) is 16.6. The zero-order valence-electron chi connectivity index (χ0n) is 10.7. The van der Waals surface area contributed by atoms with Crippen molar-refractivity contribution in [3.05, 3.63) is 17.5 Å². The summed E-state index contributed by atoms with van der Waals surface area (Å²) >= 11 is 1.75. The highest BCUT2D eigenvalue weighted by atomic mass is 32.2. The van der Waals surface area contributed by atoms with Crippen LogP contribution in [0.1, 0.15) is 37.1 Å². The third-order valence-corrected chi connectivity index (χ3v) is 3.93. The minimum absolute atomic E-state index is 0.760. The Morgan fingerprint density at radius 2 is 1.88 bits per heavy atom. The van der Waals surface area contributed by atoms with Gasteiger partial charge in [-0.05, 0) is 32.8 Å². The maximum absolute atomic E-state index is 4.43. The summed E-state index contributed by atoms with van der Waals surface area (Å²) in [7, 11) is 0. The molecule has 0 radical (unpaired) electrons. The standard InChI is InChI=1S/C13H21N3S/c1-10-9-11(2)16-13(15-10)17-8-7-14-12-5-3-4-6-12/h9,12,14H,3-8H2,1-2H3. The maximum Gasteiger partial charge on any atom is 0.188 e. The predicted octanol–water partition coefficient (Wildman–Crippen LogP) is 2.72. The molecule has 4 heteroatoms. The summed E-state index contributed by atoms with van der Waals surface area (Å²) in [5.41, 5.74) is 2.12. The van der Waals surface area contributed by atoms with Crippen LogP contribution in [0.5, 0.6) is 0 Å². The van der Waals surface area contributed by atoms with Crippen molar-refractivity contribution in [1.29, 1.82) is 0 Å². The van der Waals surface area contributed by atoms with Gasteiger partial charge in [-0.2, -0.15) is 0 Å². The van der Waals surface area contributed by atoms with E-state index in [4.69, 9.17) is 0 Å². The van der Waals surface area contributed by atoms with E-state index in [1.54, 1.807) is 11.8 Å². The van der Waals surface area contributed by atoms with Crippen LogP contribution in [0.2, 0.25) is 0 Å². The van der Waals surface area contributed by atoms with E-state index < -0.39 is 0 Å². The first kappa shape index (κ1) is 12.8. The predicted molar refractivity (Wildman–Crippen MR) is 72.5 cm³/mol. The molecule has 1 heterocycles. The molecule has 0 amide bonds. The molecule has 0 aromatic carbocycles. The molecule has 1 fully saturated rings. The number of aryl methyl sites for hydroxylation is 2. The van der Waals surface area contributed by atoms with E-state index in [1.165, 1.54) is 25.7 Å². The lowest BCUT2D eigenvalue weighted by atomic mass is 10.2. The lowest BCUT2D eigenvalue weighted by Gasteiger charge is -2.10. The van der Waals surface area contributed by atoms with Gasteiger partial charge in [0.25, 0.3) is 0 Å². The molecule has 1 N–H and O–H groups in total. The highest BCUT2D eigenvalue weighted by molar-refractivity contribution is 7.99. The molecule has 1 aliphatic carbocycles. The number of aromatic nitrogens is 2. The van der Waals surface area contributed by atoms with E-state index in [0.717, 1.165) is 34.9 Å². The number of nitrogens with one attached hydrogen (secondary N) is 1. The fourth-order valence-electron chi connectivity index (χ4n) is 2.29. The van der Waals surface area contributed by atoms with Crippen LogP contribution in [0.3, 0.4) is 0 Å². The van der Waals surface area contributed by atoms with Gasteiger partial charge in [0.15, 0.2) is 5.16 Å². The van der Waals surface area contributed by atoms with Gasteiger partial charge in [0.05, 0.1) is 0 Å². The first-order valence-electron chi connectivity index (χ1n) is 6.42. The van der Waals surface area contributed by atoms with Crippen LogP contribution in [0.4, 0.5) is 0 Å². The van der Waals surface area contributed by atoms with Crippen LogP contribution in [-0.2, 0) is 0 Å². The van der Waals surface area contributed by atoms with Gasteiger partial charge in [-0.1, -0.05) is 24.6 Å². The van der Waals surface area contributed by atoms with Crippen LogP contribution >= 0.6 is 11.8 Å². The second kappa shape index (κ2) is 6.36. The Hall–Kier alpha value is -0.610. The topological polar surface area (TPSA) is 37.8 Å². The zero-order chi connectivity index (χ0) is 12.1. The van der Waals surface area contributed by atoms with Crippen LogP contribution < -0.4 is 5.32 Å². The Labute approximate surface area is 108 Å². The van der Waals surface area contributed by atoms with Crippen molar-refractivity contribution in [2.75, 3.05) is 12.3 Å². The molecule has 17 heavy (non-hydrogen) atoms. The lowest BCUT2D eigenvalue weighted by molar-refractivity contribution is 0.545. The smallest absolute Gasteiger partial charge is 0.188 e. The average molecular weight is 251 g/mol. The second-order valence-electron chi connectivity index (χ2n) is 4.72. The van der Waals surface area contributed by atoms with Gasteiger partial charge < -0.3 is 5.32 Å². The summed E-state index contributed by atoms with van der Waals surface area (Å²) in [6, 6.07) is 2.77. The monoisotopic (exact) mass is 251 g/mol. The Morgan fingerprint density at radius 1 is 1.24 bits per heavy atom. The van der Waals surface area contributed by atoms with Crippen molar-refractivity contribution < 1.29 is 0 Å². The molecule has 1 aliphatic rings. The number of rotatable bonds is 5. The van der Waals surface area contributed by atoms with Crippen LogP contribution in [0, 0.1) is 13.8 Å². The fraction of sp³-hybridized carbons (Fsp3) is 0.692. The van der Waals surface area contributed by atoms with Crippen molar-refractivity contribution >= 4 is 11.8 Å². The first-order valence-corrected chi connectivity index (χ1v) is 7.41. The first-order chi connectivity index (χ1) is 8.24. The van der Waals surface area contributed by atoms with E-state index in [0.29, 0.717) is 0 Å². The van der Waals surface area contributed by atoms with Crippen LogP contribution in [-0.4, -0.2) is 28.3 Å². The van der Waals surface area contributed by atoms with Crippen molar-refractivity contribution in [2.24, 2.45) is 0 Å². The summed E-state index contributed by atoms with van der Waals surface area (Å²) in [4.78, 5) is 8.85. The van der Waals surface area contributed by atoms with Crippen molar-refractivity contribution in [2.45, 2.75) is 50.7 Å². The van der Waals surface area contributed by atoms with Crippen molar-refractivity contribution in [3.8, 4) is 0 Å². The lowest BCUT2D eigenvalue weighted by Crippen LogP contribution is -2.28. The third-order valence-electron chi connectivity index (χ3n) is 3.08. The maximum atomic E-state index is 4.43. The van der Waals surface area contributed by atoms with Gasteiger partial charge in [-0.15, -0.1) is 0 Å². The van der Waals surface area contributed by atoms with Crippen LogP contribution in [0.15, 0.2) is 11.2 Å². The molecule has 1 aromatic rings. The molecule has 1 aromatic heterocycles. The Kier molecular flexibility index (Phi) is 4.80. The number of hydrogen-bond acceptors (Lipinski definition) is 4. The van der Waals surface area contributed by atoms with Crippen molar-refractivity contribution in [1.82, 2.24) is 15.3 Å². The van der Waals surface area contributed by atoms with Crippen LogP contribution in [0.25, 0.3) is 0 Å². The zero-order valence-corrected chi connectivity index (χ0v) is 11.5. The average Bonchev–Trinajstić information content (AvgIpc) is 2.76. The molecule has 3 nitrogen and oxygen atoms in total. The van der Waals surface area contributed by atoms with E-state index >= 15 is 0 Å². The summed E-state index contributed by atoms with van der Waals surface area (Å²) in [5.74, 6) is 1.05. The summed E-state index contributed by atoms with van der Waals surface area (Å²) < 4.78 is 0. The summed E-state index contributed by atoms with van der Waals surface area (Å²) in [6.45, 7) is 5.11. The van der Waals surface area contributed by atoms with Gasteiger partial charge in [-0.3, -0.25) is 0 Å². The molecule has 0 atom stereocenters. The highest BCUT2D eigenvalue weighted by Crippen LogP contribution is 2.18. The van der Waals surface area contributed by atoms with Gasteiger partial charge in [0, 0.05) is 29.7 Å². The Bertz CT molecular complexity index is 341. The summed E-state index contributed by atoms with van der Waals surface area (Å²) in [6.07, 6.45) is 5.49. The molecule has 1 saturated carbocycles. The Morgan fingerprint density at radius 3 is 2.53 bits per heavy atom. The molecule has 0 aliphatic heterocycles. The highest BCUT2D eigenvalue weighted by Gasteiger charge is 2.13. The third kappa shape index (κ3) is 4.28. The SMILES string of the molecule is Cc1cc(C)nc(SCCNC2CCCC2)n1. The molecule has 0 bridgehead atoms. The van der Waals surface area contributed by atoms with Crippen molar-refractivity contribution in [3.63, 3.8) is 0 Å². The van der Waals surface area contributed by atoms with Gasteiger partial charge in [0.1, 0.15) is 0 Å². The quantitative estimate of drug-likeness (QED) is 0.496. The van der Waals surface area contributed by atoms with Gasteiger partial charge in [0.2, 0.25) is 0 Å². The molecule has 0 unspecified atom stereocenters. The fourth-order valence-corrected chi connectivity index (χ4v) is 3.11. The number of thioether (sulfide) groups is 1. The molecule has 0 spiro atoms. The summed E-state index contributed by atoms with van der Waals surface area (Å²) in [5, 5.41) is 4.52. The van der Waals surface area contributed by atoms with E-state index in [9.17, 15) is 0 Å². The molecule has 2 rings (SSSR count). The molecular weight excluding hydrogens is 230 g/mol. The molecular formula is C13H21N3S. The number of nitrogens with zero attached hydrogens (tertiary/aromatic N) is 2. The molecule has 94 valence electrons. The van der Waals surface area contributed by atoms with Gasteiger partial charge >= 0.3 is 0 Å². The minimum Gasteiger partial charge on any atom is -0.313 e. The Balaban J connectivity index is 1.70. The van der Waals surface area contributed by atoms with Gasteiger partial charge in [-0.25, -0.2) is 9.97 Å². The molecule has 0 saturated heterocycles. The van der Waals surface area contributed by atoms with E-state index in [1.807, 2.05) is 19.9 Å². The number of hydrogen-bond donors (Lipinski definition) is 1. The largest absolute Gasteiger partial charge is 0.313 e. The van der Waals surface area contributed by atoms with E-state index in [2.05, 4.69) is 15.3 Å².